The minimum atomic E-state index is -0.910. The fourth-order valence-electron chi connectivity index (χ4n) is 3.82. The maximum absolute atomic E-state index is 12.8. The van der Waals surface area contributed by atoms with Gasteiger partial charge < -0.3 is 9.88 Å². The second-order valence-corrected chi connectivity index (χ2v) is 8.40. The summed E-state index contributed by atoms with van der Waals surface area (Å²) in [6.07, 6.45) is 3.71. The number of amides is 3. The van der Waals surface area contributed by atoms with Crippen LogP contribution in [0.3, 0.4) is 0 Å². The van der Waals surface area contributed by atoms with Crippen LogP contribution in [0.5, 0.6) is 0 Å². The molecule has 6 nitrogen and oxygen atoms in total. The number of nitrogens with zero attached hydrogens (tertiary/aromatic N) is 2. The summed E-state index contributed by atoms with van der Waals surface area (Å²) < 4.78 is 2.20. The predicted molar refractivity (Wildman–Crippen MR) is 99.2 cm³/mol. The summed E-state index contributed by atoms with van der Waals surface area (Å²) in [7, 11) is 0. The maximum Gasteiger partial charge on any atom is 0.325 e. The Morgan fingerprint density at radius 3 is 2.54 bits per heavy atom. The molecule has 0 aromatic carbocycles. The second kappa shape index (κ2) is 6.56. The van der Waals surface area contributed by atoms with Crippen molar-refractivity contribution in [3.63, 3.8) is 0 Å². The lowest BCUT2D eigenvalue weighted by Gasteiger charge is -2.22. The van der Waals surface area contributed by atoms with Crippen LogP contribution in [0.15, 0.2) is 6.07 Å². The van der Waals surface area contributed by atoms with E-state index in [0.29, 0.717) is 23.9 Å². The Labute approximate surface area is 154 Å². The summed E-state index contributed by atoms with van der Waals surface area (Å²) in [5.41, 5.74) is 1.70. The molecule has 1 saturated carbocycles. The van der Waals surface area contributed by atoms with E-state index in [1.165, 1.54) is 0 Å². The van der Waals surface area contributed by atoms with Crippen LogP contribution < -0.4 is 5.32 Å². The minimum Gasteiger partial charge on any atom is -0.345 e. The van der Waals surface area contributed by atoms with E-state index in [9.17, 15) is 14.4 Å². The van der Waals surface area contributed by atoms with E-state index in [0.717, 1.165) is 35.6 Å². The number of nitrogens with one attached hydrogen (secondary N) is 1. The third-order valence-electron chi connectivity index (χ3n) is 5.57. The second-order valence-electron chi connectivity index (χ2n) is 8.40. The van der Waals surface area contributed by atoms with Gasteiger partial charge in [-0.05, 0) is 58.4 Å². The number of urea groups is 1. The number of rotatable bonds is 7. The van der Waals surface area contributed by atoms with E-state index in [4.69, 9.17) is 0 Å². The highest BCUT2D eigenvalue weighted by Crippen LogP contribution is 2.38. The van der Waals surface area contributed by atoms with E-state index in [1.807, 2.05) is 19.9 Å². The van der Waals surface area contributed by atoms with Gasteiger partial charge in [-0.25, -0.2) is 4.79 Å². The number of carbonyl (C=O) groups is 3. The molecule has 0 unspecified atom stereocenters. The molecular weight excluding hydrogens is 330 g/mol. The van der Waals surface area contributed by atoms with Crippen LogP contribution in [0.25, 0.3) is 0 Å². The molecule has 6 heteroatoms. The van der Waals surface area contributed by atoms with Crippen molar-refractivity contribution in [2.45, 2.75) is 71.9 Å². The van der Waals surface area contributed by atoms with Crippen molar-refractivity contribution < 1.29 is 14.4 Å². The molecule has 1 aromatic rings. The summed E-state index contributed by atoms with van der Waals surface area (Å²) in [4.78, 5) is 39.0. The van der Waals surface area contributed by atoms with Crippen molar-refractivity contribution in [1.82, 2.24) is 14.8 Å². The van der Waals surface area contributed by atoms with Gasteiger partial charge in [0, 0.05) is 23.0 Å². The van der Waals surface area contributed by atoms with Crippen molar-refractivity contribution >= 4 is 17.7 Å². The number of ketones is 1. The normalized spacial score (nSPS) is 23.1. The monoisotopic (exact) mass is 359 g/mol. The summed E-state index contributed by atoms with van der Waals surface area (Å²) in [6, 6.07) is 1.91. The number of hydrogen-bond acceptors (Lipinski definition) is 3. The molecule has 1 saturated heterocycles. The first-order chi connectivity index (χ1) is 12.1. The number of Topliss-reactive ketones (excluding diaryl/α,β-unsaturated/α-hetero) is 1. The van der Waals surface area contributed by atoms with E-state index in [2.05, 4.69) is 23.7 Å². The Morgan fingerprint density at radius 2 is 1.96 bits per heavy atom. The summed E-state index contributed by atoms with van der Waals surface area (Å²) >= 11 is 0. The molecule has 0 bridgehead atoms. The fraction of sp³-hybridized carbons (Fsp3) is 0.650. The molecule has 3 amide bonds. The van der Waals surface area contributed by atoms with E-state index >= 15 is 0 Å². The molecule has 2 fully saturated rings. The number of carbonyl (C=O) groups excluding carboxylic acids is 3. The van der Waals surface area contributed by atoms with Gasteiger partial charge in [0.05, 0.1) is 6.54 Å². The van der Waals surface area contributed by atoms with E-state index in [-0.39, 0.29) is 18.2 Å². The topological polar surface area (TPSA) is 71.4 Å². The third-order valence-corrected chi connectivity index (χ3v) is 5.57. The molecule has 2 aliphatic rings. The van der Waals surface area contributed by atoms with Crippen LogP contribution in [-0.4, -0.2) is 39.3 Å². The maximum atomic E-state index is 12.8. The summed E-state index contributed by atoms with van der Waals surface area (Å²) in [5, 5.41) is 2.78. The Morgan fingerprint density at radius 1 is 1.31 bits per heavy atom. The number of aryl methyl sites for hydroxylation is 1. The molecule has 1 aliphatic heterocycles. The zero-order valence-corrected chi connectivity index (χ0v) is 16.4. The van der Waals surface area contributed by atoms with Gasteiger partial charge in [0.15, 0.2) is 5.78 Å². The zero-order valence-electron chi connectivity index (χ0n) is 16.4. The molecule has 1 N–H and O–H groups in total. The molecule has 0 spiro atoms. The van der Waals surface area contributed by atoms with Crippen LogP contribution in [0.1, 0.15) is 74.2 Å². The largest absolute Gasteiger partial charge is 0.345 e. The van der Waals surface area contributed by atoms with Crippen molar-refractivity contribution in [3.8, 4) is 0 Å². The molecule has 142 valence electrons. The fourth-order valence-corrected chi connectivity index (χ4v) is 3.82. The van der Waals surface area contributed by atoms with E-state index in [1.54, 1.807) is 6.92 Å². The first-order valence-corrected chi connectivity index (χ1v) is 9.50. The smallest absolute Gasteiger partial charge is 0.325 e. The highest BCUT2D eigenvalue weighted by atomic mass is 16.2. The molecule has 3 rings (SSSR count). The summed E-state index contributed by atoms with van der Waals surface area (Å²) in [6.45, 7) is 9.66. The molecular formula is C20H29N3O3. The average Bonchev–Trinajstić information content (AvgIpc) is 3.31. The standard InChI is InChI=1S/C20H29N3O3/c1-12(2)8-9-20(5)18(25)22(19(26)21-20)11-17(24)16-10-13(3)23(14(16)4)15-6-7-15/h10,12,15H,6-9,11H2,1-5H3,(H,21,26)/t20-/m0/s1. The first-order valence-electron chi connectivity index (χ1n) is 9.50. The number of aromatic nitrogens is 1. The Hall–Kier alpha value is -2.11. The predicted octanol–water partition coefficient (Wildman–Crippen LogP) is 3.37. The highest BCUT2D eigenvalue weighted by Gasteiger charge is 2.48. The quantitative estimate of drug-likeness (QED) is 0.599. The van der Waals surface area contributed by atoms with Crippen LogP contribution in [0, 0.1) is 19.8 Å². The van der Waals surface area contributed by atoms with Gasteiger partial charge in [-0.15, -0.1) is 0 Å². The first kappa shape index (κ1) is 18.7. The average molecular weight is 359 g/mol. The minimum absolute atomic E-state index is 0.179. The SMILES string of the molecule is Cc1cc(C(=O)CN2C(=O)N[C@@](C)(CCC(C)C)C2=O)c(C)n1C1CC1. The van der Waals surface area contributed by atoms with Gasteiger partial charge in [0.25, 0.3) is 5.91 Å². The lowest BCUT2D eigenvalue weighted by molar-refractivity contribution is -0.130. The van der Waals surface area contributed by atoms with Gasteiger partial charge in [-0.1, -0.05) is 13.8 Å². The Balaban J connectivity index is 1.74. The van der Waals surface area contributed by atoms with E-state index < -0.39 is 11.6 Å². The third kappa shape index (κ3) is 3.29. The van der Waals surface area contributed by atoms with Crippen LogP contribution >= 0.6 is 0 Å². The number of hydrogen-bond donors (Lipinski definition) is 1. The zero-order chi connectivity index (χ0) is 19.2. The van der Waals surface area contributed by atoms with Crippen LogP contribution in [-0.2, 0) is 4.79 Å². The van der Waals surface area contributed by atoms with Crippen molar-refractivity contribution in [1.29, 1.82) is 0 Å². The summed E-state index contributed by atoms with van der Waals surface area (Å²) in [5.74, 6) is -0.0332. The van der Waals surface area contributed by atoms with Gasteiger partial charge in [-0.3, -0.25) is 14.5 Å². The Kier molecular flexibility index (Phi) is 4.71. The van der Waals surface area contributed by atoms with Crippen molar-refractivity contribution in [3.05, 3.63) is 23.0 Å². The molecule has 1 aromatic heterocycles. The van der Waals surface area contributed by atoms with Crippen molar-refractivity contribution in [2.75, 3.05) is 6.54 Å². The molecule has 1 atom stereocenters. The Bertz CT molecular complexity index is 761. The van der Waals surface area contributed by atoms with Crippen LogP contribution in [0.4, 0.5) is 4.79 Å². The molecule has 26 heavy (non-hydrogen) atoms. The highest BCUT2D eigenvalue weighted by molar-refractivity contribution is 6.11. The lowest BCUT2D eigenvalue weighted by atomic mass is 9.92. The van der Waals surface area contributed by atoms with Crippen LogP contribution in [0.2, 0.25) is 0 Å². The van der Waals surface area contributed by atoms with Gasteiger partial charge in [0.1, 0.15) is 5.54 Å². The van der Waals surface area contributed by atoms with Gasteiger partial charge >= 0.3 is 6.03 Å². The number of imide groups is 1. The van der Waals surface area contributed by atoms with Gasteiger partial charge in [-0.2, -0.15) is 0 Å². The van der Waals surface area contributed by atoms with Crippen molar-refractivity contribution in [2.24, 2.45) is 5.92 Å². The lowest BCUT2D eigenvalue weighted by Crippen LogP contribution is -2.44. The molecule has 2 heterocycles. The molecule has 0 radical (unpaired) electrons. The van der Waals surface area contributed by atoms with Gasteiger partial charge in [0.2, 0.25) is 0 Å². The molecule has 1 aliphatic carbocycles.